The van der Waals surface area contributed by atoms with Crippen LogP contribution in [0.4, 0.5) is 17.1 Å². The second-order valence-corrected chi connectivity index (χ2v) is 21.1. The van der Waals surface area contributed by atoms with Crippen molar-refractivity contribution in [1.82, 2.24) is 24.6 Å². The quantitative estimate of drug-likeness (QED) is 0.0685. The van der Waals surface area contributed by atoms with Crippen LogP contribution in [0.3, 0.4) is 0 Å². The second-order valence-electron chi connectivity index (χ2n) is 19.5. The van der Waals surface area contributed by atoms with Crippen molar-refractivity contribution >= 4 is 44.0 Å². The lowest BCUT2D eigenvalue weighted by Gasteiger charge is -2.56. The van der Waals surface area contributed by atoms with Crippen molar-refractivity contribution in [2.45, 2.75) is 120 Å². The van der Waals surface area contributed by atoms with Gasteiger partial charge >= 0.3 is 5.69 Å². The number of carbonyl (C=O) groups excluding carboxylic acids is 1. The Hall–Kier alpha value is -5.78. The number of nitrogens with zero attached hydrogens (tertiary/aromatic N) is 5. The molecule has 5 aromatic rings. The first-order valence-corrected chi connectivity index (χ1v) is 25.0. The Kier molecular flexibility index (Phi) is 11.9. The molecule has 66 heavy (non-hydrogen) atoms. The molecule has 1 spiro atoms. The summed E-state index contributed by atoms with van der Waals surface area (Å²) in [6, 6.07) is 19.3. The van der Waals surface area contributed by atoms with Crippen LogP contribution in [0, 0.1) is 21.4 Å². The number of benzene rings is 2. The fourth-order valence-corrected chi connectivity index (χ4v) is 12.3. The van der Waals surface area contributed by atoms with Crippen LogP contribution in [0.2, 0.25) is 0 Å². The highest BCUT2D eigenvalue weighted by atomic mass is 32.2. The number of pyridine rings is 2. The standard InChI is InChI=1S/C49H58N8O8S/c1-30(2)38-6-3-4-7-39(38)41-8-5-19-56(41)35-26-49(27-35)16-20-55(21-17-49)34-11-14-40(43(24-34)65-37-23-32-15-18-50-46(32)51-28-37)47(59)54-66(62,63)44-25-42(57(60)61)45-48(53-44)64-29-33(52-45)22-31-9-12-36(58)13-10-31/h3-4,6-7,11,14-15,18,23-25,28,30-31,33,35-36,41,52,58H,5,8-10,12-13,16-17,19-22,26-27,29H2,1-2H3,(H,50,51)(H,54,59)/t31?,33-,36?,41+/m0/s1. The summed E-state index contributed by atoms with van der Waals surface area (Å²) in [5, 5.41) is 25.5. The van der Waals surface area contributed by atoms with E-state index in [-0.39, 0.29) is 41.6 Å². The molecule has 3 aliphatic heterocycles. The Bertz CT molecular complexity index is 2740. The summed E-state index contributed by atoms with van der Waals surface area (Å²) < 4.78 is 42.1. The van der Waals surface area contributed by atoms with E-state index in [0.29, 0.717) is 60.0 Å². The number of fused-ring (bicyclic) bond motifs is 2. The van der Waals surface area contributed by atoms with E-state index in [0.717, 1.165) is 62.5 Å². The molecular weight excluding hydrogens is 861 g/mol. The Morgan fingerprint density at radius 3 is 2.61 bits per heavy atom. The van der Waals surface area contributed by atoms with Crippen molar-refractivity contribution in [1.29, 1.82) is 0 Å². The minimum atomic E-state index is -4.76. The normalized spacial score (nSPS) is 23.2. The number of aromatic nitrogens is 3. The maximum atomic E-state index is 14.1. The van der Waals surface area contributed by atoms with E-state index in [1.54, 1.807) is 30.5 Å². The number of sulfonamides is 1. The maximum absolute atomic E-state index is 14.1. The summed E-state index contributed by atoms with van der Waals surface area (Å²) in [6.45, 7) is 7.49. The molecule has 3 aromatic heterocycles. The van der Waals surface area contributed by atoms with Gasteiger partial charge in [0.25, 0.3) is 15.9 Å². The van der Waals surface area contributed by atoms with Gasteiger partial charge in [-0.05, 0) is 130 Å². The number of piperidine rings is 1. The Labute approximate surface area is 384 Å². The van der Waals surface area contributed by atoms with Crippen molar-refractivity contribution in [2.75, 3.05) is 36.5 Å². The monoisotopic (exact) mass is 918 g/mol. The molecular formula is C49H58N8O8S. The highest BCUT2D eigenvalue weighted by molar-refractivity contribution is 7.90. The molecule has 348 valence electrons. The van der Waals surface area contributed by atoms with Crippen LogP contribution in [0.5, 0.6) is 17.4 Å². The van der Waals surface area contributed by atoms with Crippen molar-refractivity contribution in [3.05, 3.63) is 99.9 Å². The van der Waals surface area contributed by atoms with Crippen LogP contribution in [-0.2, 0) is 10.0 Å². The average Bonchev–Trinajstić information content (AvgIpc) is 3.99. The summed E-state index contributed by atoms with van der Waals surface area (Å²) in [7, 11) is -4.76. The van der Waals surface area contributed by atoms with Crippen molar-refractivity contribution in [3.63, 3.8) is 0 Å². The number of anilines is 2. The number of nitrogens with one attached hydrogen (secondary N) is 3. The fraction of sp³-hybridized carbons (Fsp3) is 0.490. The first-order valence-electron chi connectivity index (χ1n) is 23.5. The third kappa shape index (κ3) is 8.79. The summed E-state index contributed by atoms with van der Waals surface area (Å²) >= 11 is 0. The van der Waals surface area contributed by atoms with Gasteiger partial charge in [-0.25, -0.2) is 9.71 Å². The predicted octanol–water partition coefficient (Wildman–Crippen LogP) is 8.60. The first kappa shape index (κ1) is 44.1. The molecule has 10 rings (SSSR count). The van der Waals surface area contributed by atoms with Gasteiger partial charge in [0.2, 0.25) is 5.88 Å². The van der Waals surface area contributed by atoms with Gasteiger partial charge in [0.05, 0.1) is 34.9 Å². The lowest BCUT2D eigenvalue weighted by Crippen LogP contribution is -2.54. The van der Waals surface area contributed by atoms with Crippen LogP contribution in [0.25, 0.3) is 11.0 Å². The Morgan fingerprint density at radius 2 is 1.83 bits per heavy atom. The molecule has 17 heteroatoms. The van der Waals surface area contributed by atoms with Gasteiger partial charge in [-0.3, -0.25) is 19.8 Å². The number of likely N-dealkylation sites (tertiary alicyclic amines) is 1. The van der Waals surface area contributed by atoms with Gasteiger partial charge in [-0.15, -0.1) is 0 Å². The minimum Gasteiger partial charge on any atom is -0.474 e. The number of aliphatic hydroxyl groups is 1. The minimum absolute atomic E-state index is 0.0131. The molecule has 2 saturated carbocycles. The van der Waals surface area contributed by atoms with E-state index in [2.05, 4.69) is 72.9 Å². The molecule has 16 nitrogen and oxygen atoms in total. The van der Waals surface area contributed by atoms with Crippen molar-refractivity contribution < 1.29 is 32.7 Å². The van der Waals surface area contributed by atoms with Gasteiger partial charge in [-0.2, -0.15) is 13.4 Å². The number of carbonyl (C=O) groups is 1. The first-order chi connectivity index (χ1) is 31.8. The topological polar surface area (TPSA) is 205 Å². The molecule has 2 aromatic carbocycles. The number of amides is 1. The van der Waals surface area contributed by atoms with E-state index in [9.17, 15) is 28.4 Å². The Morgan fingerprint density at radius 1 is 1.05 bits per heavy atom. The molecule has 0 bridgehead atoms. The molecule has 4 N–H and O–H groups in total. The van der Waals surface area contributed by atoms with E-state index in [1.807, 2.05) is 6.07 Å². The molecule has 6 heterocycles. The summed E-state index contributed by atoms with van der Waals surface area (Å²) in [6.07, 6.45) is 13.6. The predicted molar refractivity (Wildman–Crippen MR) is 250 cm³/mol. The lowest BCUT2D eigenvalue weighted by molar-refractivity contribution is -0.384. The lowest BCUT2D eigenvalue weighted by atomic mass is 9.59. The smallest absolute Gasteiger partial charge is 0.300 e. The highest BCUT2D eigenvalue weighted by Crippen LogP contribution is 2.54. The average molecular weight is 919 g/mol. The molecule has 5 aliphatic rings. The number of ether oxygens (including phenoxy) is 2. The van der Waals surface area contributed by atoms with Crippen LogP contribution in [-0.4, -0.2) is 88.6 Å². The van der Waals surface area contributed by atoms with Crippen molar-refractivity contribution in [3.8, 4) is 17.4 Å². The maximum Gasteiger partial charge on any atom is 0.300 e. The zero-order chi connectivity index (χ0) is 45.7. The van der Waals surface area contributed by atoms with Gasteiger partial charge in [-0.1, -0.05) is 38.1 Å². The molecule has 0 radical (unpaired) electrons. The number of rotatable bonds is 12. The van der Waals surface area contributed by atoms with E-state index >= 15 is 0 Å². The van der Waals surface area contributed by atoms with E-state index in [4.69, 9.17) is 9.47 Å². The second kappa shape index (κ2) is 17.8. The number of hydrogen-bond acceptors (Lipinski definition) is 13. The molecule has 4 fully saturated rings. The zero-order valence-corrected chi connectivity index (χ0v) is 38.3. The molecule has 0 unspecified atom stereocenters. The summed E-state index contributed by atoms with van der Waals surface area (Å²) in [4.78, 5) is 42.4. The fourth-order valence-electron chi connectivity index (χ4n) is 11.4. The third-order valence-electron chi connectivity index (χ3n) is 14.9. The summed E-state index contributed by atoms with van der Waals surface area (Å²) in [5.41, 5.74) is 4.13. The van der Waals surface area contributed by atoms with Gasteiger partial charge in [0.1, 0.15) is 23.8 Å². The number of aromatic amines is 1. The number of aliphatic hydroxyl groups excluding tert-OH is 1. The van der Waals surface area contributed by atoms with Crippen molar-refractivity contribution in [2.24, 2.45) is 11.3 Å². The molecule has 2 aliphatic carbocycles. The van der Waals surface area contributed by atoms with Crippen LogP contribution >= 0.6 is 0 Å². The van der Waals surface area contributed by atoms with Gasteiger partial charge in [0.15, 0.2) is 10.7 Å². The van der Waals surface area contributed by atoms with Crippen LogP contribution < -0.4 is 24.4 Å². The van der Waals surface area contributed by atoms with Crippen LogP contribution in [0.15, 0.2) is 78.1 Å². The highest BCUT2D eigenvalue weighted by Gasteiger charge is 2.50. The third-order valence-corrected chi connectivity index (χ3v) is 16.1. The Balaban J connectivity index is 0.848. The van der Waals surface area contributed by atoms with Gasteiger partial charge < -0.3 is 29.8 Å². The number of nitro groups is 1. The van der Waals surface area contributed by atoms with Crippen LogP contribution in [0.1, 0.15) is 118 Å². The SMILES string of the molecule is CC(C)c1ccccc1[C@H]1CCCN1C1CC2(CCN(c3ccc(C(=O)NS(=O)(=O)c4cc([N+](=O)[O-])c5c(n4)OC[C@H](CC4CCC(O)CC4)N5)c(Oc4cnc5[nH]ccc5c4)c3)CC2)C1. The van der Waals surface area contributed by atoms with Gasteiger partial charge in [0, 0.05) is 48.5 Å². The van der Waals surface area contributed by atoms with E-state index < -0.39 is 31.6 Å². The summed E-state index contributed by atoms with van der Waals surface area (Å²) in [5.74, 6) is 0.0397. The molecule has 2 saturated heterocycles. The number of H-pyrrole nitrogens is 1. The molecule has 1 amide bonds. The molecule has 2 atom stereocenters. The van der Waals surface area contributed by atoms with E-state index in [1.165, 1.54) is 43.0 Å². The number of hydrogen-bond donors (Lipinski definition) is 4. The largest absolute Gasteiger partial charge is 0.474 e. The zero-order valence-electron chi connectivity index (χ0n) is 37.4.